The number of thiazole rings is 1. The Balaban J connectivity index is 1.30. The third-order valence-corrected chi connectivity index (χ3v) is 9.46. The third kappa shape index (κ3) is 4.63. The predicted molar refractivity (Wildman–Crippen MR) is 156 cm³/mol. The van der Waals surface area contributed by atoms with Crippen molar-refractivity contribution in [2.45, 2.75) is 51.4 Å². The fraction of sp³-hybridized carbons (Fsp3) is 0.379. The number of fused-ring (bicyclic) bond motifs is 3. The van der Waals surface area contributed by atoms with Gasteiger partial charge in [-0.3, -0.25) is 9.36 Å². The summed E-state index contributed by atoms with van der Waals surface area (Å²) in [7, 11) is 0. The van der Waals surface area contributed by atoms with Crippen LogP contribution in [0.3, 0.4) is 0 Å². The molecular weight excluding hydrogens is 548 g/mol. The summed E-state index contributed by atoms with van der Waals surface area (Å²) in [6, 6.07) is 11.7. The number of rotatable bonds is 5. The second kappa shape index (κ2) is 10.2. The topological polar surface area (TPSA) is 101 Å². The highest BCUT2D eigenvalue weighted by atomic mass is 35.5. The highest BCUT2D eigenvalue weighted by molar-refractivity contribution is 7.15. The third-order valence-electron chi connectivity index (χ3n) is 8.08. The van der Waals surface area contributed by atoms with Gasteiger partial charge in [-0.05, 0) is 49.6 Å². The van der Waals surface area contributed by atoms with Gasteiger partial charge in [-0.25, -0.2) is 14.8 Å². The summed E-state index contributed by atoms with van der Waals surface area (Å²) in [5.41, 5.74) is 4.52. The number of nitrogens with one attached hydrogen (secondary N) is 2. The summed E-state index contributed by atoms with van der Waals surface area (Å²) < 4.78 is 6.99. The molecule has 0 aliphatic carbocycles. The zero-order valence-electron chi connectivity index (χ0n) is 22.1. The molecule has 2 aromatic heterocycles. The van der Waals surface area contributed by atoms with Gasteiger partial charge in [-0.1, -0.05) is 23.7 Å². The van der Waals surface area contributed by atoms with Crippen LogP contribution >= 0.6 is 22.9 Å². The first-order chi connectivity index (χ1) is 19.4. The lowest BCUT2D eigenvalue weighted by Gasteiger charge is -2.33. The van der Waals surface area contributed by atoms with Crippen LogP contribution in [0.5, 0.6) is 0 Å². The average Bonchev–Trinajstić information content (AvgIpc) is 3.55. The maximum atomic E-state index is 13.8. The normalized spacial score (nSPS) is 20.4. The number of hydrogen-bond acceptors (Lipinski definition) is 8. The van der Waals surface area contributed by atoms with E-state index in [4.69, 9.17) is 26.3 Å². The lowest BCUT2D eigenvalue weighted by atomic mass is 9.97. The van der Waals surface area contributed by atoms with Crippen molar-refractivity contribution in [2.75, 3.05) is 25.0 Å². The minimum absolute atomic E-state index is 0.0711. The largest absolute Gasteiger partial charge is 0.447 e. The molecule has 9 nitrogen and oxygen atoms in total. The van der Waals surface area contributed by atoms with Gasteiger partial charge in [0.2, 0.25) is 0 Å². The van der Waals surface area contributed by atoms with Crippen molar-refractivity contribution in [1.29, 1.82) is 0 Å². The molecule has 5 heterocycles. The Bertz CT molecular complexity index is 1660. The van der Waals surface area contributed by atoms with Crippen molar-refractivity contribution in [1.82, 2.24) is 24.8 Å². The van der Waals surface area contributed by atoms with E-state index in [9.17, 15) is 9.59 Å². The van der Waals surface area contributed by atoms with Gasteiger partial charge in [0.1, 0.15) is 17.4 Å². The van der Waals surface area contributed by atoms with E-state index in [1.54, 1.807) is 15.9 Å². The van der Waals surface area contributed by atoms with E-state index in [2.05, 4.69) is 10.6 Å². The number of anilines is 1. The SMILES string of the molecule is Cc1nc2cc(-c3nc4c(s3)CNCC4)c(N[C@H]3CCN4C(=O)OC[C@@H]4C3)cc2c(=O)n1Cc1ccc(Cl)cc1. The number of cyclic esters (lactones) is 1. The summed E-state index contributed by atoms with van der Waals surface area (Å²) >= 11 is 7.76. The van der Waals surface area contributed by atoms with Crippen molar-refractivity contribution in [2.24, 2.45) is 0 Å². The van der Waals surface area contributed by atoms with Crippen LogP contribution < -0.4 is 16.2 Å². The van der Waals surface area contributed by atoms with Gasteiger partial charge < -0.3 is 20.3 Å². The summed E-state index contributed by atoms with van der Waals surface area (Å²) in [5.74, 6) is 0.653. The summed E-state index contributed by atoms with van der Waals surface area (Å²) in [4.78, 5) is 38.8. The Morgan fingerprint density at radius 2 is 2.05 bits per heavy atom. The van der Waals surface area contributed by atoms with E-state index in [0.717, 1.165) is 59.9 Å². The van der Waals surface area contributed by atoms with Gasteiger partial charge in [0.15, 0.2) is 0 Å². The van der Waals surface area contributed by atoms with Gasteiger partial charge >= 0.3 is 6.09 Å². The number of hydrogen-bond donors (Lipinski definition) is 2. The molecule has 2 aromatic carbocycles. The smallest absolute Gasteiger partial charge is 0.410 e. The molecule has 1 amide bonds. The zero-order chi connectivity index (χ0) is 27.4. The van der Waals surface area contributed by atoms with Crippen LogP contribution in [0.25, 0.3) is 21.5 Å². The molecule has 2 saturated heterocycles. The molecule has 0 spiro atoms. The maximum Gasteiger partial charge on any atom is 0.410 e. The number of carbonyl (C=O) groups excluding carboxylic acids is 1. The minimum Gasteiger partial charge on any atom is -0.447 e. The Hall–Kier alpha value is -3.47. The molecule has 0 unspecified atom stereocenters. The van der Waals surface area contributed by atoms with E-state index >= 15 is 0 Å². The second-order valence-corrected chi connectivity index (χ2v) is 12.2. The van der Waals surface area contributed by atoms with Crippen LogP contribution in [0.1, 0.15) is 34.8 Å². The van der Waals surface area contributed by atoms with Gasteiger partial charge in [-0.2, -0.15) is 0 Å². The molecule has 0 bridgehead atoms. The van der Waals surface area contributed by atoms with Crippen LogP contribution in [-0.2, 0) is 24.2 Å². The molecule has 3 aliphatic rings. The number of piperidine rings is 1. The fourth-order valence-corrected chi connectivity index (χ4v) is 7.16. The molecule has 7 rings (SSSR count). The molecule has 2 atom stereocenters. The monoisotopic (exact) mass is 576 g/mol. The molecule has 40 heavy (non-hydrogen) atoms. The Morgan fingerprint density at radius 3 is 2.88 bits per heavy atom. The number of amides is 1. The molecule has 2 fully saturated rings. The first-order valence-electron chi connectivity index (χ1n) is 13.6. The lowest BCUT2D eigenvalue weighted by molar-refractivity contribution is 0.153. The van der Waals surface area contributed by atoms with E-state index in [1.165, 1.54) is 4.88 Å². The number of ether oxygens (including phenoxy) is 1. The van der Waals surface area contributed by atoms with Crippen LogP contribution in [0.4, 0.5) is 10.5 Å². The Morgan fingerprint density at radius 1 is 1.20 bits per heavy atom. The van der Waals surface area contributed by atoms with E-state index in [-0.39, 0.29) is 23.7 Å². The van der Waals surface area contributed by atoms with Crippen molar-refractivity contribution in [3.05, 3.63) is 73.7 Å². The minimum atomic E-state index is -0.223. The molecular formula is C29H29ClN6O3S. The highest BCUT2D eigenvalue weighted by Gasteiger charge is 2.38. The van der Waals surface area contributed by atoms with Crippen LogP contribution in [0, 0.1) is 6.92 Å². The summed E-state index contributed by atoms with van der Waals surface area (Å²) in [5, 5.41) is 9.31. The van der Waals surface area contributed by atoms with Crippen LogP contribution in [0.2, 0.25) is 5.02 Å². The molecule has 0 radical (unpaired) electrons. The van der Waals surface area contributed by atoms with Crippen molar-refractivity contribution in [3.8, 4) is 10.6 Å². The standard InChI is InChI=1S/C29H29ClN6O3S/c1-16-32-25-11-21(27-34-23-6-8-31-13-26(23)40-27)24(33-19-7-9-35-20(10-19)15-39-29(35)38)12-22(25)28(37)36(16)14-17-2-4-18(30)5-3-17/h2-5,11-12,19-20,31,33H,6-10,13-15H2,1H3/t19-,20-/m0/s1. The number of carbonyl (C=O) groups is 1. The molecule has 11 heteroatoms. The van der Waals surface area contributed by atoms with Crippen LogP contribution in [0.15, 0.2) is 41.2 Å². The van der Waals surface area contributed by atoms with E-state index in [0.29, 0.717) is 41.4 Å². The molecule has 0 saturated carbocycles. The van der Waals surface area contributed by atoms with Crippen LogP contribution in [-0.4, -0.2) is 57.3 Å². The molecule has 2 N–H and O–H groups in total. The zero-order valence-corrected chi connectivity index (χ0v) is 23.6. The first kappa shape index (κ1) is 25.5. The van der Waals surface area contributed by atoms with Gasteiger partial charge in [0.25, 0.3) is 5.56 Å². The van der Waals surface area contributed by atoms with Crippen molar-refractivity contribution >= 4 is 45.6 Å². The fourth-order valence-electron chi connectivity index (χ4n) is 5.93. The maximum absolute atomic E-state index is 13.8. The van der Waals surface area contributed by atoms with Crippen molar-refractivity contribution < 1.29 is 9.53 Å². The molecule has 4 aromatic rings. The second-order valence-electron chi connectivity index (χ2n) is 10.7. The quantitative estimate of drug-likeness (QED) is 0.359. The van der Waals surface area contributed by atoms with Gasteiger partial charge in [-0.15, -0.1) is 11.3 Å². The number of aromatic nitrogens is 3. The summed E-state index contributed by atoms with van der Waals surface area (Å²) in [6.07, 6.45) is 2.27. The predicted octanol–water partition coefficient (Wildman–Crippen LogP) is 4.57. The molecule has 3 aliphatic heterocycles. The number of halogens is 1. The first-order valence-corrected chi connectivity index (χ1v) is 14.8. The molecule has 206 valence electrons. The Kier molecular flexibility index (Phi) is 6.48. The lowest BCUT2D eigenvalue weighted by Crippen LogP contribution is -2.45. The van der Waals surface area contributed by atoms with Gasteiger partial charge in [0.05, 0.1) is 29.2 Å². The van der Waals surface area contributed by atoms with Crippen molar-refractivity contribution in [3.63, 3.8) is 0 Å². The average molecular weight is 577 g/mol. The Labute approximate surface area is 240 Å². The number of benzene rings is 2. The highest BCUT2D eigenvalue weighted by Crippen LogP contribution is 2.38. The number of nitrogens with zero attached hydrogens (tertiary/aromatic N) is 4. The van der Waals surface area contributed by atoms with E-state index < -0.39 is 0 Å². The number of aryl methyl sites for hydroxylation is 1. The van der Waals surface area contributed by atoms with Gasteiger partial charge in [0, 0.05) is 53.2 Å². The summed E-state index contributed by atoms with van der Waals surface area (Å²) in [6.45, 7) is 5.10. The van der Waals surface area contributed by atoms with E-state index in [1.807, 2.05) is 48.2 Å².